The van der Waals surface area contributed by atoms with E-state index in [4.69, 9.17) is 0 Å². The largest absolute Gasteiger partial charge is 0.311 e. The Morgan fingerprint density at radius 1 is 1.21 bits per heavy atom. The average Bonchev–Trinajstić information content (AvgIpc) is 2.86. The average molecular weight is 327 g/mol. The Hall–Kier alpha value is -2.10. The number of hydrogen-bond acceptors (Lipinski definition) is 2. The molecule has 0 bridgehead atoms. The molecular weight excluding hydrogens is 298 g/mol. The maximum Gasteiger partial charge on any atom is 0.225 e. The highest BCUT2D eigenvalue weighted by Crippen LogP contribution is 2.21. The van der Waals surface area contributed by atoms with E-state index in [2.05, 4.69) is 69.3 Å². The number of anilines is 1. The van der Waals surface area contributed by atoms with Crippen LogP contribution in [0.4, 0.5) is 5.82 Å². The summed E-state index contributed by atoms with van der Waals surface area (Å²) in [6.45, 7) is 12.5. The molecule has 1 aromatic heterocycles. The summed E-state index contributed by atoms with van der Waals surface area (Å²) in [6.07, 6.45) is 1.21. The number of carbonyl (C=O) groups is 1. The fourth-order valence-electron chi connectivity index (χ4n) is 2.63. The number of aromatic nitrogens is 2. The van der Waals surface area contributed by atoms with Crippen LogP contribution in [-0.4, -0.2) is 15.7 Å². The van der Waals surface area contributed by atoms with Gasteiger partial charge in [0, 0.05) is 12.5 Å². The van der Waals surface area contributed by atoms with Gasteiger partial charge in [0.25, 0.3) is 0 Å². The predicted molar refractivity (Wildman–Crippen MR) is 99.4 cm³/mol. The Bertz CT molecular complexity index is 691. The number of aryl methyl sites for hydroxylation is 2. The van der Waals surface area contributed by atoms with Crippen molar-refractivity contribution >= 4 is 11.7 Å². The number of hydrogen-bond donors (Lipinski definition) is 1. The summed E-state index contributed by atoms with van der Waals surface area (Å²) >= 11 is 0. The molecule has 0 radical (unpaired) electrons. The number of nitrogens with zero attached hydrogens (tertiary/aromatic N) is 2. The van der Waals surface area contributed by atoms with E-state index < -0.39 is 0 Å². The van der Waals surface area contributed by atoms with Crippen LogP contribution < -0.4 is 5.32 Å². The van der Waals surface area contributed by atoms with Gasteiger partial charge < -0.3 is 5.32 Å². The second kappa shape index (κ2) is 7.20. The van der Waals surface area contributed by atoms with E-state index in [1.807, 2.05) is 17.7 Å². The maximum atomic E-state index is 12.3. The minimum atomic E-state index is -0.163. The molecule has 0 aliphatic rings. The second-order valence-electron chi connectivity index (χ2n) is 7.70. The molecule has 0 aliphatic carbocycles. The zero-order valence-electron chi connectivity index (χ0n) is 15.7. The Morgan fingerprint density at radius 2 is 1.83 bits per heavy atom. The summed E-state index contributed by atoms with van der Waals surface area (Å²) in [5.41, 5.74) is 3.26. The third kappa shape index (κ3) is 4.70. The summed E-state index contributed by atoms with van der Waals surface area (Å²) in [5, 5.41) is 7.48. The fraction of sp³-hybridized carbons (Fsp3) is 0.500. The van der Waals surface area contributed by atoms with Crippen LogP contribution in [0.5, 0.6) is 0 Å². The summed E-state index contributed by atoms with van der Waals surface area (Å²) in [4.78, 5) is 12.3. The Balaban J connectivity index is 1.97. The molecule has 130 valence electrons. The minimum Gasteiger partial charge on any atom is -0.311 e. The van der Waals surface area contributed by atoms with E-state index in [0.29, 0.717) is 12.3 Å². The summed E-state index contributed by atoms with van der Waals surface area (Å²) in [7, 11) is 0. The molecule has 24 heavy (non-hydrogen) atoms. The third-order valence-electron chi connectivity index (χ3n) is 4.02. The molecule has 0 unspecified atom stereocenters. The molecule has 1 heterocycles. The van der Waals surface area contributed by atoms with Crippen LogP contribution in [0, 0.1) is 6.92 Å². The van der Waals surface area contributed by atoms with Gasteiger partial charge in [-0.3, -0.25) is 4.79 Å². The van der Waals surface area contributed by atoms with Crippen LogP contribution in [0.15, 0.2) is 30.3 Å². The van der Waals surface area contributed by atoms with E-state index in [1.165, 1.54) is 11.1 Å². The predicted octanol–water partition coefficient (Wildman–Crippen LogP) is 4.64. The first-order valence-corrected chi connectivity index (χ1v) is 8.62. The molecule has 2 rings (SSSR count). The van der Waals surface area contributed by atoms with Crippen LogP contribution >= 0.6 is 0 Å². The van der Waals surface area contributed by atoms with Gasteiger partial charge in [0.1, 0.15) is 5.82 Å². The monoisotopic (exact) mass is 327 g/mol. The molecule has 0 aliphatic heterocycles. The van der Waals surface area contributed by atoms with Crippen LogP contribution in [0.2, 0.25) is 0 Å². The van der Waals surface area contributed by atoms with Gasteiger partial charge in [-0.15, -0.1) is 0 Å². The molecule has 0 saturated heterocycles. The van der Waals surface area contributed by atoms with E-state index >= 15 is 0 Å². The lowest BCUT2D eigenvalue weighted by Crippen LogP contribution is -2.26. The quantitative estimate of drug-likeness (QED) is 0.869. The van der Waals surface area contributed by atoms with Crippen LogP contribution in [0.1, 0.15) is 63.8 Å². The molecule has 2 aromatic rings. The van der Waals surface area contributed by atoms with Crippen molar-refractivity contribution in [3.05, 3.63) is 47.2 Å². The lowest BCUT2D eigenvalue weighted by molar-refractivity contribution is -0.116. The lowest BCUT2D eigenvalue weighted by Gasteiger charge is -2.22. The summed E-state index contributed by atoms with van der Waals surface area (Å²) in [5.74, 6) is 1.32. The summed E-state index contributed by atoms with van der Waals surface area (Å²) in [6, 6.07) is 10.4. The van der Waals surface area contributed by atoms with Crippen molar-refractivity contribution in [3.63, 3.8) is 0 Å². The van der Waals surface area contributed by atoms with E-state index in [1.54, 1.807) is 0 Å². The third-order valence-corrected chi connectivity index (χ3v) is 4.02. The highest BCUT2D eigenvalue weighted by molar-refractivity contribution is 5.90. The van der Waals surface area contributed by atoms with Crippen LogP contribution in [-0.2, 0) is 16.8 Å². The molecule has 1 aromatic carbocycles. The van der Waals surface area contributed by atoms with Gasteiger partial charge in [0.05, 0.1) is 11.2 Å². The topological polar surface area (TPSA) is 46.9 Å². The van der Waals surface area contributed by atoms with Gasteiger partial charge in [-0.25, -0.2) is 4.68 Å². The molecule has 1 amide bonds. The van der Waals surface area contributed by atoms with Crippen molar-refractivity contribution < 1.29 is 4.79 Å². The number of nitrogens with one attached hydrogen (secondary N) is 1. The Morgan fingerprint density at radius 3 is 2.38 bits per heavy atom. The molecule has 4 heteroatoms. The van der Waals surface area contributed by atoms with Gasteiger partial charge in [-0.05, 0) is 51.2 Å². The molecule has 1 N–H and O–H groups in total. The SMILES string of the molecule is Cc1cc(NC(=O)CCc2ccc(C(C)C)cc2)n(C(C)(C)C)n1. The van der Waals surface area contributed by atoms with Crippen molar-refractivity contribution in [1.29, 1.82) is 0 Å². The first kappa shape index (κ1) is 18.2. The van der Waals surface area contributed by atoms with Gasteiger partial charge >= 0.3 is 0 Å². The Labute approximate surface area is 145 Å². The van der Waals surface area contributed by atoms with Crippen molar-refractivity contribution in [2.45, 2.75) is 65.8 Å². The fourth-order valence-corrected chi connectivity index (χ4v) is 2.63. The highest BCUT2D eigenvalue weighted by Gasteiger charge is 2.19. The molecular formula is C20H29N3O. The minimum absolute atomic E-state index is 0.0216. The second-order valence-corrected chi connectivity index (χ2v) is 7.70. The first-order valence-electron chi connectivity index (χ1n) is 8.62. The zero-order chi connectivity index (χ0) is 17.9. The normalized spacial score (nSPS) is 11.8. The number of rotatable bonds is 5. The summed E-state index contributed by atoms with van der Waals surface area (Å²) < 4.78 is 1.87. The van der Waals surface area contributed by atoms with Crippen molar-refractivity contribution in [3.8, 4) is 0 Å². The smallest absolute Gasteiger partial charge is 0.225 e. The van der Waals surface area contributed by atoms with Crippen molar-refractivity contribution in [1.82, 2.24) is 9.78 Å². The molecule has 4 nitrogen and oxygen atoms in total. The molecule has 0 fully saturated rings. The van der Waals surface area contributed by atoms with Crippen molar-refractivity contribution in [2.24, 2.45) is 0 Å². The van der Waals surface area contributed by atoms with Gasteiger partial charge in [-0.1, -0.05) is 38.1 Å². The Kier molecular flexibility index (Phi) is 5.47. The van der Waals surface area contributed by atoms with Crippen LogP contribution in [0.25, 0.3) is 0 Å². The highest BCUT2D eigenvalue weighted by atomic mass is 16.1. The first-order chi connectivity index (χ1) is 11.2. The van der Waals surface area contributed by atoms with Gasteiger partial charge in [0.2, 0.25) is 5.91 Å². The van der Waals surface area contributed by atoms with Gasteiger partial charge in [0.15, 0.2) is 0 Å². The van der Waals surface area contributed by atoms with E-state index in [9.17, 15) is 4.79 Å². The molecule has 0 atom stereocenters. The van der Waals surface area contributed by atoms with Crippen molar-refractivity contribution in [2.75, 3.05) is 5.32 Å². The zero-order valence-corrected chi connectivity index (χ0v) is 15.7. The number of carbonyl (C=O) groups excluding carboxylic acids is 1. The number of benzene rings is 1. The molecule has 0 spiro atoms. The lowest BCUT2D eigenvalue weighted by atomic mass is 10.0. The molecule has 0 saturated carbocycles. The maximum absolute atomic E-state index is 12.3. The van der Waals surface area contributed by atoms with Gasteiger partial charge in [-0.2, -0.15) is 5.10 Å². The van der Waals surface area contributed by atoms with E-state index in [-0.39, 0.29) is 11.4 Å². The standard InChI is InChI=1S/C20H29N3O/c1-14(2)17-10-7-16(8-11-17)9-12-19(24)21-18-13-15(3)22-23(18)20(4,5)6/h7-8,10-11,13-14H,9,12H2,1-6H3,(H,21,24). The van der Waals surface area contributed by atoms with E-state index in [0.717, 1.165) is 17.9 Å². The number of amides is 1. The van der Waals surface area contributed by atoms with Crippen LogP contribution in [0.3, 0.4) is 0 Å².